The van der Waals surface area contributed by atoms with Crippen LogP contribution in [0.3, 0.4) is 0 Å². The molecule has 0 radical (unpaired) electrons. The van der Waals surface area contributed by atoms with E-state index in [-0.39, 0.29) is 36.2 Å². The summed E-state index contributed by atoms with van der Waals surface area (Å²) < 4.78 is 20.6. The second-order valence-electron chi connectivity index (χ2n) is 3.92. The number of hydrogen-bond acceptors (Lipinski definition) is 6. The van der Waals surface area contributed by atoms with Gasteiger partial charge in [0.1, 0.15) is 6.23 Å². The summed E-state index contributed by atoms with van der Waals surface area (Å²) in [6.45, 7) is 2.73. The van der Waals surface area contributed by atoms with E-state index in [1.807, 2.05) is 6.92 Å². The van der Waals surface area contributed by atoms with Gasteiger partial charge in [0, 0.05) is 0 Å². The van der Waals surface area contributed by atoms with Crippen LogP contribution in [-0.2, 0) is 13.6 Å². The Morgan fingerprint density at radius 3 is 2.50 bits per heavy atom. The number of phosphoric ester groups is 1. The molecule has 0 aliphatic heterocycles. The number of unbranched alkanes of at least 4 members (excludes halogenated alkanes) is 3. The van der Waals surface area contributed by atoms with Gasteiger partial charge < -0.3 is 20.9 Å². The largest absolute Gasteiger partial charge is 1.00 e. The predicted molar refractivity (Wildman–Crippen MR) is 65.0 cm³/mol. The summed E-state index contributed by atoms with van der Waals surface area (Å²) >= 11 is 0. The van der Waals surface area contributed by atoms with Crippen LogP contribution in [0.25, 0.3) is 0 Å². The molecule has 0 saturated carbocycles. The maximum atomic E-state index is 11.3. The van der Waals surface area contributed by atoms with Gasteiger partial charge in [-0.1, -0.05) is 19.8 Å². The average Bonchev–Trinajstić information content (AvgIpc) is 2.24. The molecule has 0 aliphatic rings. The Morgan fingerprint density at radius 2 is 1.94 bits per heavy atom. The Balaban J connectivity index is 0. The first-order valence-corrected chi connectivity index (χ1v) is 7.57. The number of rotatable bonds is 11. The molecule has 0 amide bonds. The van der Waals surface area contributed by atoms with E-state index in [1.54, 1.807) is 0 Å². The minimum Gasteiger partial charge on any atom is -0.756 e. The molecule has 0 aromatic carbocycles. The molecule has 0 fully saturated rings. The van der Waals surface area contributed by atoms with Crippen molar-refractivity contribution in [2.75, 3.05) is 13.2 Å². The molecule has 0 rings (SSSR count). The third-order valence-corrected chi connectivity index (χ3v) is 3.23. The molecule has 0 bridgehead atoms. The smallest absolute Gasteiger partial charge is 0.756 e. The summed E-state index contributed by atoms with van der Waals surface area (Å²) in [7, 11) is -4.23. The normalized spacial score (nSPS) is 15.8. The van der Waals surface area contributed by atoms with E-state index >= 15 is 0 Å². The van der Waals surface area contributed by atoms with Crippen LogP contribution in [0.2, 0.25) is 0 Å². The maximum Gasteiger partial charge on any atom is 1.00 e. The molecule has 0 aromatic rings. The van der Waals surface area contributed by atoms with E-state index in [1.165, 1.54) is 0 Å². The van der Waals surface area contributed by atoms with Gasteiger partial charge in [-0.05, 0) is 32.2 Å². The van der Waals surface area contributed by atoms with Crippen molar-refractivity contribution in [1.82, 2.24) is 0 Å². The van der Waals surface area contributed by atoms with Gasteiger partial charge in [0.15, 0.2) is 0 Å². The zero-order chi connectivity index (χ0) is 13.1. The standard InChI is InChI=1S/C10H25N2O4P.Na/c1-2-3-9-15-17(13,14)16-10(12)7-5-4-6-8-11;/h10H,2-9,11-12H2,1H3,(H,13,14);/q;+1/p-1. The van der Waals surface area contributed by atoms with Gasteiger partial charge in [0.25, 0.3) is 7.82 Å². The molecule has 2 unspecified atom stereocenters. The van der Waals surface area contributed by atoms with Gasteiger partial charge in [-0.2, -0.15) is 0 Å². The number of hydrogen-bond donors (Lipinski definition) is 2. The Bertz CT molecular complexity index is 234. The first kappa shape index (κ1) is 21.3. The Hall–Kier alpha value is 1.03. The fourth-order valence-electron chi connectivity index (χ4n) is 1.24. The van der Waals surface area contributed by atoms with Crippen molar-refractivity contribution in [3.63, 3.8) is 0 Å². The quantitative estimate of drug-likeness (QED) is 0.199. The van der Waals surface area contributed by atoms with Gasteiger partial charge in [-0.3, -0.25) is 9.09 Å². The van der Waals surface area contributed by atoms with Crippen LogP contribution in [0.4, 0.5) is 0 Å². The van der Waals surface area contributed by atoms with Crippen LogP contribution in [0.1, 0.15) is 45.4 Å². The van der Waals surface area contributed by atoms with Crippen molar-refractivity contribution >= 4 is 7.82 Å². The van der Waals surface area contributed by atoms with Gasteiger partial charge >= 0.3 is 29.6 Å². The van der Waals surface area contributed by atoms with Crippen molar-refractivity contribution in [3.05, 3.63) is 0 Å². The SMILES string of the molecule is CCCCOP(=O)([O-])OC(N)CCCCCN.[Na+]. The fourth-order valence-corrected chi connectivity index (χ4v) is 2.09. The number of nitrogens with two attached hydrogens (primary N) is 2. The van der Waals surface area contributed by atoms with Crippen LogP contribution in [0, 0.1) is 0 Å². The zero-order valence-electron chi connectivity index (χ0n) is 11.5. The van der Waals surface area contributed by atoms with E-state index in [9.17, 15) is 9.46 Å². The molecule has 2 atom stereocenters. The average molecular weight is 290 g/mol. The van der Waals surface area contributed by atoms with Crippen molar-refractivity contribution in [1.29, 1.82) is 0 Å². The van der Waals surface area contributed by atoms with Crippen LogP contribution in [0.15, 0.2) is 0 Å². The molecular formula is C10H24N2NaO4P. The van der Waals surface area contributed by atoms with E-state index in [4.69, 9.17) is 11.5 Å². The third-order valence-electron chi connectivity index (χ3n) is 2.20. The molecule has 0 aromatic heterocycles. The summed E-state index contributed by atoms with van der Waals surface area (Å²) in [4.78, 5) is 11.3. The summed E-state index contributed by atoms with van der Waals surface area (Å²) in [5, 5.41) is 0. The topological polar surface area (TPSA) is 111 Å². The summed E-state index contributed by atoms with van der Waals surface area (Å²) in [6, 6.07) is 0. The Morgan fingerprint density at radius 1 is 1.28 bits per heavy atom. The zero-order valence-corrected chi connectivity index (χ0v) is 14.4. The monoisotopic (exact) mass is 290 g/mol. The van der Waals surface area contributed by atoms with E-state index < -0.39 is 14.1 Å². The molecule has 0 heterocycles. The van der Waals surface area contributed by atoms with Crippen LogP contribution >= 0.6 is 7.82 Å². The predicted octanol–water partition coefficient (Wildman–Crippen LogP) is -1.90. The summed E-state index contributed by atoms with van der Waals surface area (Å²) in [6.07, 6.45) is 3.85. The van der Waals surface area contributed by atoms with E-state index in [0.29, 0.717) is 19.4 Å². The van der Waals surface area contributed by atoms with Gasteiger partial charge in [0.05, 0.1) is 6.61 Å². The van der Waals surface area contributed by atoms with Gasteiger partial charge in [-0.25, -0.2) is 0 Å². The molecule has 4 N–H and O–H groups in total. The third kappa shape index (κ3) is 13.5. The van der Waals surface area contributed by atoms with Crippen molar-refractivity contribution in [3.8, 4) is 0 Å². The molecule has 8 heteroatoms. The van der Waals surface area contributed by atoms with Gasteiger partial charge in [0.2, 0.25) is 0 Å². The van der Waals surface area contributed by atoms with Crippen LogP contribution < -0.4 is 45.9 Å². The Kier molecular flexibility index (Phi) is 15.4. The maximum absolute atomic E-state index is 11.3. The van der Waals surface area contributed by atoms with Crippen molar-refractivity contribution < 1.29 is 48.1 Å². The van der Waals surface area contributed by atoms with Crippen molar-refractivity contribution in [2.45, 2.75) is 51.7 Å². The molecular weight excluding hydrogens is 266 g/mol. The molecule has 6 nitrogen and oxygen atoms in total. The fraction of sp³-hybridized carbons (Fsp3) is 1.00. The first-order valence-electron chi connectivity index (χ1n) is 6.11. The minimum atomic E-state index is -4.23. The summed E-state index contributed by atoms with van der Waals surface area (Å²) in [5.74, 6) is 0. The molecule has 104 valence electrons. The van der Waals surface area contributed by atoms with Crippen molar-refractivity contribution in [2.24, 2.45) is 11.5 Å². The van der Waals surface area contributed by atoms with Crippen LogP contribution in [0.5, 0.6) is 0 Å². The van der Waals surface area contributed by atoms with E-state index in [2.05, 4.69) is 9.05 Å². The number of phosphoric acid groups is 1. The second-order valence-corrected chi connectivity index (χ2v) is 5.28. The molecule has 18 heavy (non-hydrogen) atoms. The minimum absolute atomic E-state index is 0. The molecule has 0 saturated heterocycles. The van der Waals surface area contributed by atoms with Crippen LogP contribution in [-0.4, -0.2) is 19.4 Å². The first-order chi connectivity index (χ1) is 8.02. The summed E-state index contributed by atoms with van der Waals surface area (Å²) in [5.41, 5.74) is 10.9. The molecule has 0 aliphatic carbocycles. The van der Waals surface area contributed by atoms with Gasteiger partial charge in [-0.15, -0.1) is 0 Å². The Labute approximate surface area is 132 Å². The molecule has 0 spiro atoms. The second kappa shape index (κ2) is 13.0. The van der Waals surface area contributed by atoms with E-state index in [0.717, 1.165) is 25.7 Å².